The molecular weight excluding hydrogens is 332 g/mol. The summed E-state index contributed by atoms with van der Waals surface area (Å²) < 4.78 is 0. The number of hydrogen-bond acceptors (Lipinski definition) is 3. The topological polar surface area (TPSA) is 49.4 Å². The molecule has 0 spiro atoms. The van der Waals surface area contributed by atoms with E-state index in [4.69, 9.17) is 0 Å². The lowest BCUT2D eigenvalue weighted by atomic mass is 9.87. The summed E-state index contributed by atoms with van der Waals surface area (Å²) in [6.45, 7) is 2.09. The summed E-state index contributed by atoms with van der Waals surface area (Å²) in [4.78, 5) is 28.5. The van der Waals surface area contributed by atoms with E-state index in [1.54, 1.807) is 30.3 Å². The van der Waals surface area contributed by atoms with Crippen molar-refractivity contribution in [2.75, 3.05) is 19.4 Å². The van der Waals surface area contributed by atoms with Gasteiger partial charge in [0.1, 0.15) is 0 Å². The Morgan fingerprint density at radius 3 is 2.76 bits per heavy atom. The monoisotopic (exact) mass is 356 g/mol. The summed E-state index contributed by atoms with van der Waals surface area (Å²) in [5.74, 6) is 0.0878. The van der Waals surface area contributed by atoms with Crippen LogP contribution < -0.4 is 5.32 Å². The number of hydrogen-bond donors (Lipinski definition) is 1. The minimum absolute atomic E-state index is 0.0330. The SMILES string of the molecule is CCc1ccccc1NC(=O)C1CCc2sc(C(=O)N(C)C)cc2C1. The van der Waals surface area contributed by atoms with Crippen molar-refractivity contribution in [1.82, 2.24) is 4.90 Å². The van der Waals surface area contributed by atoms with E-state index in [-0.39, 0.29) is 17.7 Å². The summed E-state index contributed by atoms with van der Waals surface area (Å²) >= 11 is 1.57. The molecule has 132 valence electrons. The normalized spacial score (nSPS) is 16.2. The molecule has 1 N–H and O–H groups in total. The molecule has 0 saturated heterocycles. The first-order valence-corrected chi connectivity index (χ1v) is 9.53. The molecule has 1 aliphatic carbocycles. The fourth-order valence-electron chi connectivity index (χ4n) is 3.26. The van der Waals surface area contributed by atoms with E-state index >= 15 is 0 Å². The van der Waals surface area contributed by atoms with Gasteiger partial charge in [-0.2, -0.15) is 0 Å². The minimum Gasteiger partial charge on any atom is -0.344 e. The second-order valence-electron chi connectivity index (χ2n) is 6.70. The maximum atomic E-state index is 12.7. The molecular formula is C20H24N2O2S. The van der Waals surface area contributed by atoms with Crippen LogP contribution in [0.25, 0.3) is 0 Å². The van der Waals surface area contributed by atoms with Crippen molar-refractivity contribution in [2.45, 2.75) is 32.6 Å². The molecule has 3 rings (SSSR count). The number of para-hydroxylation sites is 1. The summed E-state index contributed by atoms with van der Waals surface area (Å²) in [5.41, 5.74) is 3.22. The first kappa shape index (κ1) is 17.7. The highest BCUT2D eigenvalue weighted by atomic mass is 32.1. The Morgan fingerprint density at radius 2 is 2.04 bits per heavy atom. The molecule has 4 nitrogen and oxygen atoms in total. The van der Waals surface area contributed by atoms with Gasteiger partial charge in [0.05, 0.1) is 4.88 Å². The van der Waals surface area contributed by atoms with Gasteiger partial charge < -0.3 is 10.2 Å². The van der Waals surface area contributed by atoms with Crippen molar-refractivity contribution in [3.8, 4) is 0 Å². The van der Waals surface area contributed by atoms with Gasteiger partial charge in [0.2, 0.25) is 5.91 Å². The Bertz CT molecular complexity index is 795. The lowest BCUT2D eigenvalue weighted by molar-refractivity contribution is -0.120. The average Bonchev–Trinajstić information content (AvgIpc) is 3.04. The molecule has 2 aromatic rings. The molecule has 0 bridgehead atoms. The molecule has 1 unspecified atom stereocenters. The first-order valence-electron chi connectivity index (χ1n) is 8.71. The third-order valence-corrected chi connectivity index (χ3v) is 5.95. The lowest BCUT2D eigenvalue weighted by Crippen LogP contribution is -2.28. The Morgan fingerprint density at radius 1 is 1.28 bits per heavy atom. The van der Waals surface area contributed by atoms with Crippen LogP contribution in [0.3, 0.4) is 0 Å². The highest BCUT2D eigenvalue weighted by Crippen LogP contribution is 2.33. The fraction of sp³-hybridized carbons (Fsp3) is 0.400. The number of thiophene rings is 1. The number of anilines is 1. The quantitative estimate of drug-likeness (QED) is 0.907. The maximum absolute atomic E-state index is 12.7. The lowest BCUT2D eigenvalue weighted by Gasteiger charge is -2.22. The van der Waals surface area contributed by atoms with Crippen LogP contribution in [0.4, 0.5) is 5.69 Å². The number of carbonyl (C=O) groups excluding carboxylic acids is 2. The molecule has 1 aromatic carbocycles. The third kappa shape index (κ3) is 3.76. The summed E-state index contributed by atoms with van der Waals surface area (Å²) in [6, 6.07) is 9.93. The maximum Gasteiger partial charge on any atom is 0.263 e. The third-order valence-electron chi connectivity index (χ3n) is 4.73. The number of fused-ring (bicyclic) bond motifs is 1. The standard InChI is InChI=1S/C20H24N2O2S/c1-4-13-7-5-6-8-16(13)21-19(23)14-9-10-17-15(11-14)12-18(25-17)20(24)22(2)3/h5-8,12,14H,4,9-11H2,1-3H3,(H,21,23). The molecule has 5 heteroatoms. The minimum atomic E-state index is -0.0330. The molecule has 1 atom stereocenters. The molecule has 0 saturated carbocycles. The molecule has 0 fully saturated rings. The van der Waals surface area contributed by atoms with Crippen molar-refractivity contribution in [3.05, 3.63) is 51.2 Å². The molecule has 25 heavy (non-hydrogen) atoms. The van der Waals surface area contributed by atoms with Crippen LogP contribution in [0.2, 0.25) is 0 Å². The molecule has 0 aliphatic heterocycles. The van der Waals surface area contributed by atoms with Crippen LogP contribution in [-0.4, -0.2) is 30.8 Å². The van der Waals surface area contributed by atoms with Gasteiger partial charge in [-0.05, 0) is 48.9 Å². The van der Waals surface area contributed by atoms with E-state index in [0.717, 1.165) is 41.0 Å². The highest BCUT2D eigenvalue weighted by Gasteiger charge is 2.28. The van der Waals surface area contributed by atoms with Crippen LogP contribution >= 0.6 is 11.3 Å². The van der Waals surface area contributed by atoms with E-state index in [1.165, 1.54) is 4.88 Å². The van der Waals surface area contributed by atoms with Gasteiger partial charge in [-0.25, -0.2) is 0 Å². The molecule has 1 heterocycles. The van der Waals surface area contributed by atoms with Gasteiger partial charge in [-0.1, -0.05) is 25.1 Å². The number of aryl methyl sites for hydroxylation is 2. The van der Waals surface area contributed by atoms with Gasteiger partial charge in [-0.3, -0.25) is 9.59 Å². The van der Waals surface area contributed by atoms with Crippen molar-refractivity contribution < 1.29 is 9.59 Å². The van der Waals surface area contributed by atoms with Crippen LogP contribution in [0.5, 0.6) is 0 Å². The van der Waals surface area contributed by atoms with E-state index in [0.29, 0.717) is 6.42 Å². The zero-order valence-electron chi connectivity index (χ0n) is 15.0. The number of benzene rings is 1. The summed E-state index contributed by atoms with van der Waals surface area (Å²) in [6.07, 6.45) is 3.32. The van der Waals surface area contributed by atoms with Crippen LogP contribution in [-0.2, 0) is 24.1 Å². The van der Waals surface area contributed by atoms with E-state index in [2.05, 4.69) is 12.2 Å². The zero-order valence-corrected chi connectivity index (χ0v) is 15.8. The van der Waals surface area contributed by atoms with E-state index in [9.17, 15) is 9.59 Å². The smallest absolute Gasteiger partial charge is 0.263 e. The van der Waals surface area contributed by atoms with Gasteiger partial charge in [0, 0.05) is 30.6 Å². The zero-order chi connectivity index (χ0) is 18.0. The predicted molar refractivity (Wildman–Crippen MR) is 102 cm³/mol. The molecule has 1 aliphatic rings. The van der Waals surface area contributed by atoms with Gasteiger partial charge >= 0.3 is 0 Å². The second kappa shape index (κ2) is 7.40. The van der Waals surface area contributed by atoms with Crippen LogP contribution in [0, 0.1) is 5.92 Å². The highest BCUT2D eigenvalue weighted by molar-refractivity contribution is 7.14. The van der Waals surface area contributed by atoms with Crippen LogP contribution in [0.15, 0.2) is 30.3 Å². The predicted octanol–water partition coefficient (Wildman–Crippen LogP) is 3.76. The van der Waals surface area contributed by atoms with E-state index < -0.39 is 0 Å². The Labute approximate surface area is 152 Å². The van der Waals surface area contributed by atoms with Crippen molar-refractivity contribution in [1.29, 1.82) is 0 Å². The summed E-state index contributed by atoms with van der Waals surface area (Å²) in [5, 5.41) is 3.10. The van der Waals surface area contributed by atoms with Gasteiger partial charge in [0.15, 0.2) is 0 Å². The first-order chi connectivity index (χ1) is 12.0. The number of rotatable bonds is 4. The molecule has 1 aromatic heterocycles. The largest absolute Gasteiger partial charge is 0.344 e. The molecule has 0 radical (unpaired) electrons. The number of carbonyl (C=O) groups is 2. The van der Waals surface area contributed by atoms with Gasteiger partial charge in [-0.15, -0.1) is 11.3 Å². The number of nitrogens with zero attached hydrogens (tertiary/aromatic N) is 1. The Balaban J connectivity index is 1.72. The Kier molecular flexibility index (Phi) is 5.23. The summed E-state index contributed by atoms with van der Waals surface area (Å²) in [7, 11) is 3.53. The number of nitrogens with one attached hydrogen (secondary N) is 1. The van der Waals surface area contributed by atoms with Crippen molar-refractivity contribution in [2.24, 2.45) is 5.92 Å². The van der Waals surface area contributed by atoms with Gasteiger partial charge in [0.25, 0.3) is 5.91 Å². The molecule has 2 amide bonds. The fourth-order valence-corrected chi connectivity index (χ4v) is 4.49. The average molecular weight is 356 g/mol. The van der Waals surface area contributed by atoms with Crippen molar-refractivity contribution in [3.63, 3.8) is 0 Å². The van der Waals surface area contributed by atoms with Crippen LogP contribution in [0.1, 0.15) is 39.0 Å². The second-order valence-corrected chi connectivity index (χ2v) is 7.84. The number of amides is 2. The van der Waals surface area contributed by atoms with E-state index in [1.807, 2.05) is 30.3 Å². The van der Waals surface area contributed by atoms with Crippen molar-refractivity contribution >= 4 is 28.8 Å². The Hall–Kier alpha value is -2.14.